The van der Waals surface area contributed by atoms with Crippen molar-refractivity contribution in [1.82, 2.24) is 19.9 Å². The van der Waals surface area contributed by atoms with Crippen molar-refractivity contribution in [2.45, 2.75) is 18.6 Å². The third kappa shape index (κ3) is 4.34. The summed E-state index contributed by atoms with van der Waals surface area (Å²) < 4.78 is 0. The number of hydrogen-bond acceptors (Lipinski definition) is 6. The van der Waals surface area contributed by atoms with Gasteiger partial charge in [-0.05, 0) is 17.9 Å². The van der Waals surface area contributed by atoms with Gasteiger partial charge in [0.25, 0.3) is 0 Å². The first-order chi connectivity index (χ1) is 11.3. The molecule has 0 unspecified atom stereocenters. The number of aromatic nitrogens is 3. The summed E-state index contributed by atoms with van der Waals surface area (Å²) in [5, 5.41) is 1.57. The van der Waals surface area contributed by atoms with Crippen molar-refractivity contribution < 1.29 is 0 Å². The summed E-state index contributed by atoms with van der Waals surface area (Å²) in [6.45, 7) is 6.83. The number of anilines is 1. The van der Waals surface area contributed by atoms with Gasteiger partial charge in [-0.15, -0.1) is 0 Å². The smallest absolute Gasteiger partial charge is 0.187 e. The van der Waals surface area contributed by atoms with Crippen molar-refractivity contribution in [2.24, 2.45) is 0 Å². The quantitative estimate of drug-likeness (QED) is 0.611. The number of halogens is 1. The van der Waals surface area contributed by atoms with Crippen LogP contribution in [0.5, 0.6) is 0 Å². The molecular formula is C16H20ClN5S. The van der Waals surface area contributed by atoms with Crippen LogP contribution in [0.15, 0.2) is 35.9 Å². The van der Waals surface area contributed by atoms with E-state index in [1.54, 1.807) is 18.0 Å². The minimum atomic E-state index is 0.721. The van der Waals surface area contributed by atoms with Crippen molar-refractivity contribution in [1.29, 1.82) is 0 Å². The van der Waals surface area contributed by atoms with Crippen LogP contribution in [0.3, 0.4) is 0 Å². The number of rotatable bonds is 5. The van der Waals surface area contributed by atoms with Gasteiger partial charge in [0.15, 0.2) is 5.16 Å². The Bertz CT molecular complexity index is 629. The second-order valence-electron chi connectivity index (χ2n) is 5.38. The van der Waals surface area contributed by atoms with Gasteiger partial charge >= 0.3 is 0 Å². The predicted molar refractivity (Wildman–Crippen MR) is 95.2 cm³/mol. The van der Waals surface area contributed by atoms with E-state index in [4.69, 9.17) is 11.6 Å². The van der Waals surface area contributed by atoms with Crippen molar-refractivity contribution in [2.75, 3.05) is 36.8 Å². The zero-order valence-electron chi connectivity index (χ0n) is 13.2. The molecule has 0 amide bonds. The summed E-state index contributed by atoms with van der Waals surface area (Å²) in [5.41, 5.74) is 1.16. The molecular weight excluding hydrogens is 330 g/mol. The highest BCUT2D eigenvalue weighted by molar-refractivity contribution is 7.99. The Kier molecular flexibility index (Phi) is 5.70. The van der Waals surface area contributed by atoms with E-state index in [0.29, 0.717) is 0 Å². The van der Waals surface area contributed by atoms with Crippen LogP contribution in [-0.2, 0) is 6.54 Å². The van der Waals surface area contributed by atoms with E-state index < -0.39 is 0 Å². The molecule has 0 aromatic carbocycles. The molecule has 1 fully saturated rings. The highest BCUT2D eigenvalue weighted by Gasteiger charge is 2.19. The molecule has 122 valence electrons. The lowest BCUT2D eigenvalue weighted by Gasteiger charge is -2.35. The average molecular weight is 350 g/mol. The van der Waals surface area contributed by atoms with Gasteiger partial charge in [0.05, 0.1) is 5.02 Å². The van der Waals surface area contributed by atoms with Crippen LogP contribution in [-0.4, -0.2) is 51.8 Å². The van der Waals surface area contributed by atoms with Crippen LogP contribution in [0, 0.1) is 0 Å². The summed E-state index contributed by atoms with van der Waals surface area (Å²) in [4.78, 5) is 17.8. The Balaban J connectivity index is 1.54. The van der Waals surface area contributed by atoms with E-state index in [-0.39, 0.29) is 0 Å². The molecule has 23 heavy (non-hydrogen) atoms. The molecule has 0 atom stereocenters. The zero-order chi connectivity index (χ0) is 16.1. The normalized spacial score (nSPS) is 15.8. The molecule has 0 aliphatic carbocycles. The molecule has 5 nitrogen and oxygen atoms in total. The standard InChI is InChI=1S/C16H20ClN5S/c1-2-23-16-19-10-13(11-20-16)12-21-6-8-22(9-7-21)15-14(17)4-3-5-18-15/h3-5,10-11H,2,6-9,12H2,1H3. The summed E-state index contributed by atoms with van der Waals surface area (Å²) >= 11 is 7.90. The van der Waals surface area contributed by atoms with E-state index in [2.05, 4.69) is 31.7 Å². The Hall–Kier alpha value is -1.37. The molecule has 3 rings (SSSR count). The molecule has 0 N–H and O–H groups in total. The molecule has 1 saturated heterocycles. The van der Waals surface area contributed by atoms with Crippen molar-refractivity contribution in [3.63, 3.8) is 0 Å². The summed E-state index contributed by atoms with van der Waals surface area (Å²) in [6, 6.07) is 3.76. The van der Waals surface area contributed by atoms with Crippen LogP contribution < -0.4 is 4.90 Å². The van der Waals surface area contributed by atoms with Gasteiger partial charge in [0.1, 0.15) is 5.82 Å². The maximum absolute atomic E-state index is 6.23. The SMILES string of the molecule is CCSc1ncc(CN2CCN(c3ncccc3Cl)CC2)cn1. The lowest BCUT2D eigenvalue weighted by molar-refractivity contribution is 0.248. The van der Waals surface area contributed by atoms with Gasteiger partial charge in [-0.2, -0.15) is 0 Å². The van der Waals surface area contributed by atoms with E-state index in [1.165, 1.54) is 0 Å². The molecule has 0 saturated carbocycles. The minimum absolute atomic E-state index is 0.721. The third-order valence-electron chi connectivity index (χ3n) is 3.77. The van der Waals surface area contributed by atoms with Crippen molar-refractivity contribution in [3.8, 4) is 0 Å². The second kappa shape index (κ2) is 7.95. The third-order valence-corrected chi connectivity index (χ3v) is 4.82. The first-order valence-corrected chi connectivity index (χ1v) is 9.14. The molecule has 0 spiro atoms. The van der Waals surface area contributed by atoms with Crippen LogP contribution in [0.2, 0.25) is 5.02 Å². The van der Waals surface area contributed by atoms with Gasteiger partial charge in [-0.3, -0.25) is 4.90 Å². The lowest BCUT2D eigenvalue weighted by Crippen LogP contribution is -2.46. The first-order valence-electron chi connectivity index (χ1n) is 7.78. The Morgan fingerprint density at radius 1 is 1.13 bits per heavy atom. The number of nitrogens with zero attached hydrogens (tertiary/aromatic N) is 5. The highest BCUT2D eigenvalue weighted by atomic mass is 35.5. The van der Waals surface area contributed by atoms with E-state index >= 15 is 0 Å². The summed E-state index contributed by atoms with van der Waals surface area (Å²) in [7, 11) is 0. The van der Waals surface area contributed by atoms with Gasteiger partial charge in [0, 0.05) is 56.9 Å². The lowest BCUT2D eigenvalue weighted by atomic mass is 10.2. The maximum Gasteiger partial charge on any atom is 0.187 e. The Morgan fingerprint density at radius 3 is 2.52 bits per heavy atom. The van der Waals surface area contributed by atoms with Gasteiger partial charge in [-0.25, -0.2) is 15.0 Å². The van der Waals surface area contributed by atoms with E-state index in [0.717, 1.165) is 60.0 Å². The minimum Gasteiger partial charge on any atom is -0.353 e. The van der Waals surface area contributed by atoms with Crippen LogP contribution in [0.1, 0.15) is 12.5 Å². The van der Waals surface area contributed by atoms with Gasteiger partial charge < -0.3 is 4.90 Å². The number of pyridine rings is 1. The largest absolute Gasteiger partial charge is 0.353 e. The molecule has 0 radical (unpaired) electrons. The fraction of sp³-hybridized carbons (Fsp3) is 0.438. The topological polar surface area (TPSA) is 45.2 Å². The average Bonchev–Trinajstić information content (AvgIpc) is 2.58. The van der Waals surface area contributed by atoms with Crippen molar-refractivity contribution >= 4 is 29.2 Å². The predicted octanol–water partition coefficient (Wildman–Crippen LogP) is 2.96. The fourth-order valence-corrected chi connectivity index (χ4v) is 3.37. The first kappa shape index (κ1) is 16.5. The highest BCUT2D eigenvalue weighted by Crippen LogP contribution is 2.23. The molecule has 3 heterocycles. The molecule has 2 aromatic rings. The van der Waals surface area contributed by atoms with Crippen LogP contribution in [0.25, 0.3) is 0 Å². The van der Waals surface area contributed by atoms with Gasteiger partial charge in [-0.1, -0.05) is 30.3 Å². The molecule has 7 heteroatoms. The molecule has 1 aliphatic rings. The monoisotopic (exact) mass is 349 g/mol. The van der Waals surface area contributed by atoms with Crippen molar-refractivity contribution in [3.05, 3.63) is 41.3 Å². The van der Waals surface area contributed by atoms with Gasteiger partial charge in [0.2, 0.25) is 0 Å². The van der Waals surface area contributed by atoms with E-state index in [1.807, 2.05) is 24.5 Å². The summed E-state index contributed by atoms with van der Waals surface area (Å²) in [5.74, 6) is 1.88. The second-order valence-corrected chi connectivity index (χ2v) is 7.02. The van der Waals surface area contributed by atoms with Crippen LogP contribution >= 0.6 is 23.4 Å². The number of hydrogen-bond donors (Lipinski definition) is 0. The fourth-order valence-electron chi connectivity index (χ4n) is 2.61. The molecule has 1 aliphatic heterocycles. The zero-order valence-corrected chi connectivity index (χ0v) is 14.7. The maximum atomic E-state index is 6.23. The number of thioether (sulfide) groups is 1. The van der Waals surface area contributed by atoms with E-state index in [9.17, 15) is 0 Å². The number of piperazine rings is 1. The Labute approximate surface area is 146 Å². The molecule has 2 aromatic heterocycles. The summed E-state index contributed by atoms with van der Waals surface area (Å²) in [6.07, 6.45) is 5.67. The van der Waals surface area contributed by atoms with Crippen LogP contribution in [0.4, 0.5) is 5.82 Å². The Morgan fingerprint density at radius 2 is 1.87 bits per heavy atom. The molecule has 0 bridgehead atoms.